The van der Waals surface area contributed by atoms with Crippen LogP contribution in [0.15, 0.2) is 24.3 Å². The number of aliphatic hydroxyl groups excluding tert-OH is 1. The first-order chi connectivity index (χ1) is 29.9. The molecule has 7 heterocycles. The number of nitrogens with zero attached hydrogens (tertiary/aromatic N) is 4. The number of esters is 2. The molecule has 4 aliphatic heterocycles. The Morgan fingerprint density at radius 2 is 1.66 bits per heavy atom. The molecule has 62 heavy (non-hydrogen) atoms. The SMILES string of the molecule is CCC1=C(C)c2cc3[nH]c(cc4nc(c5c6[nH]c(cc1n2)c(C)c6C(=O)N(CCN1CCOCC1)C5=O)[C@@H](CCC(=O)OCCOCCN)[C@@H]4C)c(C)c3/C=C/C(=O)OCCO. The van der Waals surface area contributed by atoms with Gasteiger partial charge in [0.1, 0.15) is 13.2 Å². The Balaban J connectivity index is 1.45. The number of aromatic nitrogens is 4. The number of fused-ring (bicyclic) bond motifs is 8. The van der Waals surface area contributed by atoms with Crippen LogP contribution in [0, 0.1) is 13.8 Å². The van der Waals surface area contributed by atoms with Gasteiger partial charge in [-0.1, -0.05) is 13.8 Å². The van der Waals surface area contributed by atoms with Crippen molar-refractivity contribution >= 4 is 63.0 Å². The summed E-state index contributed by atoms with van der Waals surface area (Å²) in [7, 11) is 0. The van der Waals surface area contributed by atoms with Gasteiger partial charge in [0.05, 0.1) is 66.8 Å². The standard InChI is InChI=1S/C46H57N7O9/c1-6-30-26(2)34-24-38-31(7-9-39(55)61-20-16-54)27(3)33(49-38)23-35-28(4)32(8-10-40(56)62-22-21-59-17-11-47)43(50-35)42-44-41(29(5)36(51-44)25-37(30)48-34)45(57)53(46(42)58)13-12-52-14-18-60-19-15-52/h7,9,23-25,28,32,49,51,54H,6,8,10-22,47H2,1-5H3/b9-7+,33-23?,34-24?,35-23?,36-25?,37-25?,38-24?,43-42?/t28-,32-/m0/s1. The van der Waals surface area contributed by atoms with Crippen molar-refractivity contribution in [1.29, 1.82) is 0 Å². The number of allylic oxidation sites excluding steroid dienone is 2. The van der Waals surface area contributed by atoms with E-state index in [1.807, 2.05) is 45.9 Å². The maximum atomic E-state index is 15.0. The molecule has 16 heteroatoms. The van der Waals surface area contributed by atoms with E-state index in [4.69, 9.17) is 34.6 Å². The highest BCUT2D eigenvalue weighted by molar-refractivity contribution is 6.23. The molecule has 5 N–H and O–H groups in total. The average Bonchev–Trinajstić information content (AvgIpc) is 3.94. The highest BCUT2D eigenvalue weighted by Gasteiger charge is 2.41. The van der Waals surface area contributed by atoms with Gasteiger partial charge in [0.15, 0.2) is 0 Å². The van der Waals surface area contributed by atoms with Crippen LogP contribution in [0.5, 0.6) is 0 Å². The highest BCUT2D eigenvalue weighted by Crippen LogP contribution is 2.44. The number of hydrogen-bond donors (Lipinski definition) is 4. The first-order valence-corrected chi connectivity index (χ1v) is 21.5. The van der Waals surface area contributed by atoms with E-state index in [1.165, 1.54) is 11.0 Å². The summed E-state index contributed by atoms with van der Waals surface area (Å²) in [5.74, 6) is -2.51. The van der Waals surface area contributed by atoms with Crippen molar-refractivity contribution in [3.05, 3.63) is 74.9 Å². The lowest BCUT2D eigenvalue weighted by molar-refractivity contribution is -0.145. The highest BCUT2D eigenvalue weighted by atomic mass is 16.6. The Bertz CT molecular complexity index is 2460. The Hall–Kier alpha value is -5.52. The fraction of sp³-hybridized carbons (Fsp3) is 0.478. The second-order valence-electron chi connectivity index (χ2n) is 16.0. The number of imide groups is 1. The lowest BCUT2D eigenvalue weighted by atomic mass is 9.84. The molecule has 0 saturated carbocycles. The number of ether oxygens (including phenoxy) is 4. The third kappa shape index (κ3) is 9.15. The minimum Gasteiger partial charge on any atom is -0.463 e. The van der Waals surface area contributed by atoms with Crippen LogP contribution in [0.25, 0.3) is 39.3 Å². The first-order valence-electron chi connectivity index (χ1n) is 21.5. The van der Waals surface area contributed by atoms with Gasteiger partial charge in [-0.15, -0.1) is 0 Å². The Labute approximate surface area is 360 Å². The number of morpholine rings is 1. The van der Waals surface area contributed by atoms with Crippen molar-refractivity contribution in [2.75, 3.05) is 79.0 Å². The molecule has 0 unspecified atom stereocenters. The van der Waals surface area contributed by atoms with Crippen LogP contribution in [-0.4, -0.2) is 138 Å². The van der Waals surface area contributed by atoms with Crippen molar-refractivity contribution in [2.24, 2.45) is 5.73 Å². The van der Waals surface area contributed by atoms with Crippen molar-refractivity contribution in [3.63, 3.8) is 0 Å². The number of aromatic amines is 2. The number of H-pyrrole nitrogens is 2. The summed E-state index contributed by atoms with van der Waals surface area (Å²) >= 11 is 0. The number of rotatable bonds is 16. The monoisotopic (exact) mass is 851 g/mol. The smallest absolute Gasteiger partial charge is 0.330 e. The van der Waals surface area contributed by atoms with Gasteiger partial charge in [-0.05, 0) is 80.2 Å². The molecule has 3 aromatic heterocycles. The molecule has 1 fully saturated rings. The Morgan fingerprint density at radius 3 is 2.40 bits per heavy atom. The lowest BCUT2D eigenvalue weighted by Gasteiger charge is -2.31. The Morgan fingerprint density at radius 1 is 0.919 bits per heavy atom. The molecule has 0 spiro atoms. The van der Waals surface area contributed by atoms with Gasteiger partial charge in [0.25, 0.3) is 11.8 Å². The van der Waals surface area contributed by atoms with Crippen LogP contribution in [0.1, 0.15) is 112 Å². The van der Waals surface area contributed by atoms with E-state index >= 15 is 4.79 Å². The van der Waals surface area contributed by atoms with Gasteiger partial charge in [0.2, 0.25) is 0 Å². The normalized spacial score (nSPS) is 18.0. The number of aliphatic hydroxyl groups is 1. The zero-order valence-electron chi connectivity index (χ0n) is 36.2. The topological polar surface area (TPSA) is 215 Å². The molecular formula is C46H57N7O9. The van der Waals surface area contributed by atoms with E-state index in [1.54, 1.807) is 6.08 Å². The summed E-state index contributed by atoms with van der Waals surface area (Å²) in [6.45, 7) is 13.8. The molecule has 4 aliphatic rings. The summed E-state index contributed by atoms with van der Waals surface area (Å²) in [6.07, 6.45) is 4.08. The van der Waals surface area contributed by atoms with Crippen molar-refractivity contribution < 1.29 is 43.2 Å². The van der Waals surface area contributed by atoms with Gasteiger partial charge in [-0.3, -0.25) is 29.2 Å². The van der Waals surface area contributed by atoms with E-state index in [2.05, 4.69) is 21.8 Å². The summed E-state index contributed by atoms with van der Waals surface area (Å²) in [5.41, 5.74) is 15.6. The summed E-state index contributed by atoms with van der Waals surface area (Å²) in [6, 6.07) is 5.84. The van der Waals surface area contributed by atoms with Crippen molar-refractivity contribution in [3.8, 4) is 0 Å². The molecule has 1 saturated heterocycles. The zero-order chi connectivity index (χ0) is 44.1. The van der Waals surface area contributed by atoms with Crippen LogP contribution in [0.3, 0.4) is 0 Å². The lowest BCUT2D eigenvalue weighted by Crippen LogP contribution is -2.47. The van der Waals surface area contributed by atoms with E-state index in [9.17, 15) is 19.5 Å². The number of nitrogens with two attached hydrogens (primary N) is 1. The molecule has 330 valence electrons. The average molecular weight is 852 g/mol. The van der Waals surface area contributed by atoms with Crippen molar-refractivity contribution in [2.45, 2.75) is 65.7 Å². The predicted molar refractivity (Wildman–Crippen MR) is 234 cm³/mol. The van der Waals surface area contributed by atoms with Gasteiger partial charge >= 0.3 is 11.9 Å². The number of hydrogen-bond acceptors (Lipinski definition) is 13. The number of carbonyl (C=O) groups is 4. The number of carbonyl (C=O) groups excluding carboxylic acids is 4. The number of nitrogens with one attached hydrogen (secondary N) is 2. The maximum absolute atomic E-state index is 15.0. The quantitative estimate of drug-likeness (QED) is 0.0652. The van der Waals surface area contributed by atoms with E-state index in [0.717, 1.165) is 39.2 Å². The van der Waals surface area contributed by atoms with Crippen molar-refractivity contribution in [1.82, 2.24) is 29.7 Å². The molecule has 7 rings (SSSR count). The molecular weight excluding hydrogens is 795 g/mol. The molecule has 3 aromatic rings. The molecule has 2 atom stereocenters. The predicted octanol–water partition coefficient (Wildman–Crippen LogP) is 4.94. The minimum atomic E-state index is -0.591. The maximum Gasteiger partial charge on any atom is 0.330 e. The molecule has 16 nitrogen and oxygen atoms in total. The van der Waals surface area contributed by atoms with Gasteiger partial charge < -0.3 is 39.8 Å². The van der Waals surface area contributed by atoms with Gasteiger partial charge in [0, 0.05) is 84.9 Å². The van der Waals surface area contributed by atoms with Gasteiger partial charge in [-0.25, -0.2) is 9.78 Å². The van der Waals surface area contributed by atoms with Gasteiger partial charge in [-0.2, -0.15) is 0 Å². The van der Waals surface area contributed by atoms with E-state index in [-0.39, 0.29) is 51.2 Å². The summed E-state index contributed by atoms with van der Waals surface area (Å²) in [5, 5.41) is 9.19. The zero-order valence-corrected chi connectivity index (χ0v) is 36.2. The second kappa shape index (κ2) is 19.7. The van der Waals surface area contributed by atoms with Crippen LogP contribution >= 0.6 is 0 Å². The molecule has 0 radical (unpaired) electrons. The van der Waals surface area contributed by atoms with Crippen LogP contribution in [0.2, 0.25) is 0 Å². The van der Waals surface area contributed by atoms with E-state index < -0.39 is 23.8 Å². The largest absolute Gasteiger partial charge is 0.463 e. The van der Waals surface area contributed by atoms with Crippen LogP contribution in [0.4, 0.5) is 0 Å². The molecule has 8 bridgehead atoms. The third-order valence-corrected chi connectivity index (χ3v) is 12.2. The third-order valence-electron chi connectivity index (χ3n) is 12.2. The molecule has 0 aromatic carbocycles. The van der Waals surface area contributed by atoms with Crippen LogP contribution < -0.4 is 5.73 Å². The van der Waals surface area contributed by atoms with E-state index in [0.29, 0.717) is 103 Å². The Kier molecular flexibility index (Phi) is 14.1. The molecule has 2 amide bonds. The summed E-state index contributed by atoms with van der Waals surface area (Å²) < 4.78 is 21.6. The second-order valence-corrected chi connectivity index (χ2v) is 16.0. The first kappa shape index (κ1) is 44.5. The molecule has 0 aliphatic carbocycles. The minimum absolute atomic E-state index is 0.0564. The fourth-order valence-corrected chi connectivity index (χ4v) is 8.72. The summed E-state index contributed by atoms with van der Waals surface area (Å²) in [4.78, 5) is 76.3. The number of amides is 2. The van der Waals surface area contributed by atoms with Crippen LogP contribution in [-0.2, 0) is 28.5 Å². The fourth-order valence-electron chi connectivity index (χ4n) is 8.72. The number of aryl methyl sites for hydroxylation is 2.